The molecule has 10 heteroatoms. The number of carbonyl (C=O) groups is 1. The maximum Gasteiger partial charge on any atom is 0.261 e. The lowest BCUT2D eigenvalue weighted by molar-refractivity contribution is -0.121. The van der Waals surface area contributed by atoms with E-state index in [1.54, 1.807) is 24.3 Å². The Morgan fingerprint density at radius 3 is 2.83 bits per heavy atom. The smallest absolute Gasteiger partial charge is 0.261 e. The Morgan fingerprint density at radius 2 is 2.12 bits per heavy atom. The van der Waals surface area contributed by atoms with Gasteiger partial charge in [0, 0.05) is 5.56 Å². The van der Waals surface area contributed by atoms with E-state index in [1.165, 1.54) is 18.3 Å². The van der Waals surface area contributed by atoms with Gasteiger partial charge in [0.05, 0.1) is 6.21 Å². The fourth-order valence-electron chi connectivity index (χ4n) is 1.85. The number of nitrogens with one attached hydrogen (secondary N) is 1. The molecule has 0 fully saturated rings. The van der Waals surface area contributed by atoms with E-state index in [1.807, 2.05) is 0 Å². The second-order valence-corrected chi connectivity index (χ2v) is 4.70. The van der Waals surface area contributed by atoms with Gasteiger partial charge in [-0.1, -0.05) is 5.10 Å². The maximum atomic E-state index is 12.9. The minimum absolute atomic E-state index is 0.0316. The molecule has 0 radical (unpaired) electrons. The van der Waals surface area contributed by atoms with E-state index in [4.69, 9.17) is 10.2 Å². The molecule has 9 nitrogen and oxygen atoms in total. The molecule has 1 aromatic carbocycles. The van der Waals surface area contributed by atoms with Gasteiger partial charge >= 0.3 is 0 Å². The van der Waals surface area contributed by atoms with E-state index in [2.05, 4.69) is 26.1 Å². The highest BCUT2D eigenvalue weighted by atomic mass is 19.1. The number of rotatable bonds is 5. The van der Waals surface area contributed by atoms with Gasteiger partial charge in [0.1, 0.15) is 23.9 Å². The molecular formula is C14H12FN7O2. The van der Waals surface area contributed by atoms with Crippen LogP contribution in [-0.4, -0.2) is 32.3 Å². The summed E-state index contributed by atoms with van der Waals surface area (Å²) in [6, 6.07) is 9.29. The van der Waals surface area contributed by atoms with Crippen LogP contribution in [0.5, 0.6) is 0 Å². The van der Waals surface area contributed by atoms with Crippen LogP contribution >= 0.6 is 0 Å². The van der Waals surface area contributed by atoms with Crippen LogP contribution in [0.15, 0.2) is 45.9 Å². The molecule has 24 heavy (non-hydrogen) atoms. The molecule has 122 valence electrons. The van der Waals surface area contributed by atoms with E-state index < -0.39 is 5.91 Å². The first-order chi connectivity index (χ1) is 11.6. The number of hydrogen-bond acceptors (Lipinski definition) is 7. The molecule has 1 amide bonds. The van der Waals surface area contributed by atoms with Crippen LogP contribution in [0.3, 0.4) is 0 Å². The number of hydrogen-bond donors (Lipinski definition) is 2. The monoisotopic (exact) mass is 329 g/mol. The minimum Gasteiger partial charge on any atom is -0.455 e. The first-order valence-electron chi connectivity index (χ1n) is 6.81. The lowest BCUT2D eigenvalue weighted by Crippen LogP contribution is -2.24. The van der Waals surface area contributed by atoms with Crippen LogP contribution < -0.4 is 11.2 Å². The summed E-state index contributed by atoms with van der Waals surface area (Å²) < 4.78 is 19.6. The molecule has 3 N–H and O–H groups in total. The van der Waals surface area contributed by atoms with E-state index in [-0.39, 0.29) is 18.3 Å². The Kier molecular flexibility index (Phi) is 4.27. The van der Waals surface area contributed by atoms with E-state index >= 15 is 0 Å². The lowest BCUT2D eigenvalue weighted by atomic mass is 10.2. The number of benzene rings is 1. The molecule has 2 aromatic heterocycles. The van der Waals surface area contributed by atoms with Gasteiger partial charge in [-0.05, 0) is 46.8 Å². The third-order valence-electron chi connectivity index (χ3n) is 2.99. The van der Waals surface area contributed by atoms with Crippen molar-refractivity contribution in [3.63, 3.8) is 0 Å². The zero-order valence-corrected chi connectivity index (χ0v) is 12.3. The van der Waals surface area contributed by atoms with Gasteiger partial charge in [-0.3, -0.25) is 4.79 Å². The highest BCUT2D eigenvalue weighted by Crippen LogP contribution is 2.21. The Labute approximate surface area is 135 Å². The van der Waals surface area contributed by atoms with Crippen LogP contribution in [0.25, 0.3) is 11.3 Å². The molecule has 0 spiro atoms. The Balaban J connectivity index is 1.58. The van der Waals surface area contributed by atoms with Gasteiger partial charge in [0.25, 0.3) is 5.91 Å². The van der Waals surface area contributed by atoms with Crippen molar-refractivity contribution < 1.29 is 13.6 Å². The fraction of sp³-hybridized carbons (Fsp3) is 0.0714. The predicted octanol–water partition coefficient (Wildman–Crippen LogP) is 0.805. The third kappa shape index (κ3) is 3.61. The van der Waals surface area contributed by atoms with Crippen LogP contribution in [0.2, 0.25) is 0 Å². The first kappa shape index (κ1) is 15.3. The van der Waals surface area contributed by atoms with Crippen molar-refractivity contribution in [3.8, 4) is 11.3 Å². The van der Waals surface area contributed by atoms with Gasteiger partial charge in [-0.2, -0.15) is 5.10 Å². The molecule has 0 bridgehead atoms. The van der Waals surface area contributed by atoms with Crippen molar-refractivity contribution in [2.75, 3.05) is 5.73 Å². The average Bonchev–Trinajstić information content (AvgIpc) is 3.18. The minimum atomic E-state index is -0.449. The largest absolute Gasteiger partial charge is 0.455 e. The zero-order valence-electron chi connectivity index (χ0n) is 12.3. The fourth-order valence-corrected chi connectivity index (χ4v) is 1.85. The van der Waals surface area contributed by atoms with Gasteiger partial charge in [-0.15, -0.1) is 0 Å². The van der Waals surface area contributed by atoms with Crippen LogP contribution in [0.1, 0.15) is 5.76 Å². The summed E-state index contributed by atoms with van der Waals surface area (Å²) in [6.45, 7) is -0.158. The summed E-state index contributed by atoms with van der Waals surface area (Å²) in [4.78, 5) is 11.6. The number of aromatic nitrogens is 4. The molecule has 0 unspecified atom stereocenters. The number of nitrogens with two attached hydrogens (primary N) is 1. The molecule has 0 aliphatic carbocycles. The van der Waals surface area contributed by atoms with Crippen molar-refractivity contribution in [1.29, 1.82) is 0 Å². The first-order valence-corrected chi connectivity index (χ1v) is 6.81. The highest BCUT2D eigenvalue weighted by Gasteiger charge is 2.07. The van der Waals surface area contributed by atoms with E-state index in [9.17, 15) is 9.18 Å². The normalized spacial score (nSPS) is 11.0. The number of furan rings is 1. The quantitative estimate of drug-likeness (QED) is 0.527. The number of tetrazole rings is 1. The van der Waals surface area contributed by atoms with Crippen molar-refractivity contribution in [1.82, 2.24) is 25.6 Å². The zero-order chi connectivity index (χ0) is 16.9. The Bertz CT molecular complexity index is 869. The van der Waals surface area contributed by atoms with Gasteiger partial charge in [0.2, 0.25) is 5.95 Å². The maximum absolute atomic E-state index is 12.9. The van der Waals surface area contributed by atoms with Crippen molar-refractivity contribution in [2.45, 2.75) is 6.54 Å². The van der Waals surface area contributed by atoms with Crippen LogP contribution in [0, 0.1) is 5.82 Å². The van der Waals surface area contributed by atoms with Crippen molar-refractivity contribution >= 4 is 18.1 Å². The van der Waals surface area contributed by atoms with Gasteiger partial charge in [-0.25, -0.2) is 14.5 Å². The molecule has 0 saturated heterocycles. The number of nitrogens with zero attached hydrogens (tertiary/aromatic N) is 5. The Hall–Kier alpha value is -3.56. The summed E-state index contributed by atoms with van der Waals surface area (Å²) >= 11 is 0. The molecular weight excluding hydrogens is 317 g/mol. The van der Waals surface area contributed by atoms with Crippen LogP contribution in [-0.2, 0) is 11.3 Å². The van der Waals surface area contributed by atoms with Gasteiger partial charge < -0.3 is 10.2 Å². The molecule has 2 heterocycles. The molecule has 0 saturated carbocycles. The standard InChI is InChI=1S/C14H12FN7O2/c15-10-3-1-9(2-4-10)12-6-5-11(24-12)7-17-18-13(23)8-22-14(16)19-20-21-22/h1-7H,8H2,(H,18,23)(H2,16,19,21). The molecule has 3 rings (SSSR count). The summed E-state index contributed by atoms with van der Waals surface area (Å²) in [6.07, 6.45) is 1.34. The number of nitrogen functional groups attached to an aromatic ring is 1. The highest BCUT2D eigenvalue weighted by molar-refractivity contribution is 5.81. The second kappa shape index (κ2) is 6.69. The summed E-state index contributed by atoms with van der Waals surface area (Å²) in [5, 5.41) is 14.1. The predicted molar refractivity (Wildman–Crippen MR) is 82.1 cm³/mol. The number of anilines is 1. The summed E-state index contributed by atoms with van der Waals surface area (Å²) in [5.41, 5.74) is 8.48. The summed E-state index contributed by atoms with van der Waals surface area (Å²) in [7, 11) is 0. The van der Waals surface area contributed by atoms with Gasteiger partial charge in [0.15, 0.2) is 0 Å². The molecule has 0 atom stereocenters. The number of hydrazone groups is 1. The average molecular weight is 329 g/mol. The van der Waals surface area contributed by atoms with Crippen molar-refractivity contribution in [3.05, 3.63) is 48.0 Å². The van der Waals surface area contributed by atoms with Crippen LogP contribution in [0.4, 0.5) is 10.3 Å². The number of amides is 1. The molecule has 0 aliphatic rings. The topological polar surface area (TPSA) is 124 Å². The number of halogens is 1. The summed E-state index contributed by atoms with van der Waals surface area (Å²) in [5.74, 6) is 0.249. The third-order valence-corrected chi connectivity index (χ3v) is 2.99. The Morgan fingerprint density at radius 1 is 1.33 bits per heavy atom. The lowest BCUT2D eigenvalue weighted by Gasteiger charge is -1.99. The second-order valence-electron chi connectivity index (χ2n) is 4.70. The SMILES string of the molecule is Nc1nnnn1CC(=O)NN=Cc1ccc(-c2ccc(F)cc2)o1. The number of carbonyl (C=O) groups excluding carboxylic acids is 1. The van der Waals surface area contributed by atoms with E-state index in [0.29, 0.717) is 11.5 Å². The van der Waals surface area contributed by atoms with Crippen molar-refractivity contribution in [2.24, 2.45) is 5.10 Å². The van der Waals surface area contributed by atoms with E-state index in [0.717, 1.165) is 10.2 Å². The molecule has 3 aromatic rings. The molecule has 0 aliphatic heterocycles.